The number of amides is 1. The first-order valence-electron chi connectivity index (χ1n) is 23.3. The zero-order valence-corrected chi connectivity index (χ0v) is 36.0. The first kappa shape index (κ1) is 53.1. The fraction of sp³-hybridized carbons (Fsp3) is 0.978. The molecule has 0 aromatic rings. The lowest BCUT2D eigenvalue weighted by Gasteiger charge is -2.40. The standard InChI is InChI=1S/C45H89NO10/c1-4-5-6-7-8-9-10-11-12-13-14-15-16-17-18-23-26-29-32-38(49)44(54)46-36(34-55-45-43(53)42(52)41(51)39(33-47)56-45)40(50)37(48)31-28-25-22-20-19-21-24-27-30-35(2)3/h35-43,45,47-53H,4-34H2,1-3H3,(H,46,54)/t36-,37+,38+,39+,40-,41-,42-,43-,45+/m0/s1. The predicted molar refractivity (Wildman–Crippen MR) is 224 cm³/mol. The minimum absolute atomic E-state index is 0.265. The molecule has 11 nitrogen and oxygen atoms in total. The Morgan fingerprint density at radius 3 is 1.43 bits per heavy atom. The lowest BCUT2D eigenvalue weighted by Crippen LogP contribution is -2.60. The topological polar surface area (TPSA) is 189 Å². The molecule has 1 amide bonds. The highest BCUT2D eigenvalue weighted by molar-refractivity contribution is 5.80. The van der Waals surface area contributed by atoms with Gasteiger partial charge in [-0.2, -0.15) is 0 Å². The van der Waals surface area contributed by atoms with Gasteiger partial charge >= 0.3 is 0 Å². The monoisotopic (exact) mass is 804 g/mol. The molecule has 0 aromatic carbocycles. The van der Waals surface area contributed by atoms with Gasteiger partial charge in [0.1, 0.15) is 36.6 Å². The van der Waals surface area contributed by atoms with Gasteiger partial charge in [-0.3, -0.25) is 4.79 Å². The van der Waals surface area contributed by atoms with Crippen molar-refractivity contribution in [2.75, 3.05) is 13.2 Å². The number of unbranched alkanes of at least 4 members (excludes halogenated alkanes) is 24. The SMILES string of the molecule is CCCCCCCCCCCCCCCCCCCC[C@@H](O)C(=O)N[C@@H](CO[C@@H]1O[C@H](CO)[C@H](O)[C@H](O)[C@@H]1O)[C@H](O)[C@H](O)CCCCCCCCCCC(C)C. The fourth-order valence-corrected chi connectivity index (χ4v) is 7.68. The van der Waals surface area contributed by atoms with Crippen molar-refractivity contribution in [3.63, 3.8) is 0 Å². The first-order valence-corrected chi connectivity index (χ1v) is 23.3. The van der Waals surface area contributed by atoms with Crippen molar-refractivity contribution in [2.24, 2.45) is 5.92 Å². The van der Waals surface area contributed by atoms with Crippen molar-refractivity contribution in [1.29, 1.82) is 0 Å². The van der Waals surface area contributed by atoms with E-state index in [9.17, 15) is 40.5 Å². The Bertz CT molecular complexity index is 895. The van der Waals surface area contributed by atoms with Crippen LogP contribution in [0.3, 0.4) is 0 Å². The van der Waals surface area contributed by atoms with Crippen molar-refractivity contribution in [1.82, 2.24) is 5.32 Å². The summed E-state index contributed by atoms with van der Waals surface area (Å²) in [4.78, 5) is 13.1. The summed E-state index contributed by atoms with van der Waals surface area (Å²) in [6.45, 7) is 5.72. The van der Waals surface area contributed by atoms with E-state index in [1.807, 2.05) is 0 Å². The van der Waals surface area contributed by atoms with E-state index >= 15 is 0 Å². The highest BCUT2D eigenvalue weighted by Gasteiger charge is 2.44. The number of ether oxygens (including phenoxy) is 2. The molecule has 1 rings (SSSR count). The summed E-state index contributed by atoms with van der Waals surface area (Å²) in [6, 6.07) is -1.16. The number of rotatable bonds is 38. The lowest BCUT2D eigenvalue weighted by molar-refractivity contribution is -0.303. The van der Waals surface area contributed by atoms with E-state index in [1.165, 1.54) is 122 Å². The molecule has 1 aliphatic heterocycles. The van der Waals surface area contributed by atoms with Crippen molar-refractivity contribution in [3.8, 4) is 0 Å². The Morgan fingerprint density at radius 1 is 0.589 bits per heavy atom. The van der Waals surface area contributed by atoms with Crippen LogP contribution in [0.4, 0.5) is 0 Å². The number of aliphatic hydroxyl groups excluding tert-OH is 7. The van der Waals surface area contributed by atoms with Crippen LogP contribution in [0, 0.1) is 5.92 Å². The molecule has 8 N–H and O–H groups in total. The third kappa shape index (κ3) is 25.6. The Hall–Kier alpha value is -0.890. The van der Waals surface area contributed by atoms with Gasteiger partial charge in [-0.05, 0) is 18.8 Å². The molecule has 1 heterocycles. The molecule has 0 unspecified atom stereocenters. The van der Waals surface area contributed by atoms with Gasteiger partial charge in [0, 0.05) is 0 Å². The van der Waals surface area contributed by atoms with Crippen molar-refractivity contribution < 1.29 is 50.0 Å². The zero-order valence-electron chi connectivity index (χ0n) is 36.0. The summed E-state index contributed by atoms with van der Waals surface area (Å²) in [6.07, 6.45) is 21.7. The number of aliphatic hydroxyl groups is 7. The quantitative estimate of drug-likeness (QED) is 0.0293. The van der Waals surface area contributed by atoms with Gasteiger partial charge in [0.25, 0.3) is 0 Å². The molecule has 0 bridgehead atoms. The smallest absolute Gasteiger partial charge is 0.249 e. The van der Waals surface area contributed by atoms with Crippen molar-refractivity contribution in [3.05, 3.63) is 0 Å². The van der Waals surface area contributed by atoms with Crippen LogP contribution in [-0.2, 0) is 14.3 Å². The van der Waals surface area contributed by atoms with Crippen LogP contribution >= 0.6 is 0 Å². The maximum Gasteiger partial charge on any atom is 0.249 e. The summed E-state index contributed by atoms with van der Waals surface area (Å²) in [5, 5.41) is 75.6. The molecule has 9 atom stereocenters. The fourth-order valence-electron chi connectivity index (χ4n) is 7.68. The maximum atomic E-state index is 13.1. The van der Waals surface area contributed by atoms with Crippen LogP contribution in [0.25, 0.3) is 0 Å². The Kier molecular flexibility index (Phi) is 33.1. The first-order chi connectivity index (χ1) is 27.0. The highest BCUT2D eigenvalue weighted by atomic mass is 16.7. The van der Waals surface area contributed by atoms with E-state index in [-0.39, 0.29) is 6.42 Å². The minimum Gasteiger partial charge on any atom is -0.394 e. The average Bonchev–Trinajstić information content (AvgIpc) is 3.18. The summed E-state index contributed by atoms with van der Waals surface area (Å²) < 4.78 is 11.1. The van der Waals surface area contributed by atoms with Gasteiger partial charge in [0.15, 0.2) is 6.29 Å². The van der Waals surface area contributed by atoms with E-state index in [0.29, 0.717) is 19.3 Å². The molecule has 0 spiro atoms. The molecule has 334 valence electrons. The number of nitrogens with one attached hydrogen (secondary N) is 1. The highest BCUT2D eigenvalue weighted by Crippen LogP contribution is 2.23. The zero-order chi connectivity index (χ0) is 41.4. The van der Waals surface area contributed by atoms with Crippen molar-refractivity contribution in [2.45, 2.75) is 262 Å². The molecule has 0 saturated carbocycles. The Balaban J connectivity index is 2.42. The van der Waals surface area contributed by atoms with E-state index in [4.69, 9.17) is 9.47 Å². The number of carbonyl (C=O) groups excluding carboxylic acids is 1. The van der Waals surface area contributed by atoms with Gasteiger partial charge in [0.05, 0.1) is 25.4 Å². The molecule has 0 aliphatic carbocycles. The minimum atomic E-state index is -1.66. The third-order valence-corrected chi connectivity index (χ3v) is 11.6. The van der Waals surface area contributed by atoms with Gasteiger partial charge in [0.2, 0.25) is 5.91 Å². The Morgan fingerprint density at radius 2 is 1.00 bits per heavy atom. The van der Waals surface area contributed by atoms with Crippen LogP contribution in [0.15, 0.2) is 0 Å². The second-order valence-electron chi connectivity index (χ2n) is 17.3. The summed E-state index contributed by atoms with van der Waals surface area (Å²) in [5.74, 6) is 0.0522. The lowest BCUT2D eigenvalue weighted by atomic mass is 9.98. The summed E-state index contributed by atoms with van der Waals surface area (Å²) >= 11 is 0. The van der Waals surface area contributed by atoms with E-state index in [1.54, 1.807) is 0 Å². The van der Waals surface area contributed by atoms with Crippen molar-refractivity contribution >= 4 is 5.91 Å². The molecule has 1 aliphatic rings. The molecule has 11 heteroatoms. The molecule has 1 fully saturated rings. The number of hydrogen-bond donors (Lipinski definition) is 8. The molecular weight excluding hydrogens is 714 g/mol. The molecular formula is C45H89NO10. The second kappa shape index (κ2) is 34.9. The molecule has 1 saturated heterocycles. The largest absolute Gasteiger partial charge is 0.394 e. The molecule has 0 aromatic heterocycles. The van der Waals surface area contributed by atoms with Gasteiger partial charge in [-0.15, -0.1) is 0 Å². The van der Waals surface area contributed by atoms with Gasteiger partial charge in [-0.25, -0.2) is 0 Å². The normalized spacial score (nSPS) is 22.3. The van der Waals surface area contributed by atoms with Crippen LogP contribution < -0.4 is 5.32 Å². The number of carbonyl (C=O) groups is 1. The van der Waals surface area contributed by atoms with E-state index in [2.05, 4.69) is 26.1 Å². The van der Waals surface area contributed by atoms with Gasteiger partial charge in [-0.1, -0.05) is 194 Å². The predicted octanol–water partition coefficient (Wildman–Crippen LogP) is 7.36. The third-order valence-electron chi connectivity index (χ3n) is 11.6. The Labute approximate surface area is 341 Å². The van der Waals surface area contributed by atoms with E-state index in [0.717, 1.165) is 44.4 Å². The van der Waals surface area contributed by atoms with Gasteiger partial charge < -0.3 is 50.5 Å². The second-order valence-corrected chi connectivity index (χ2v) is 17.3. The van der Waals surface area contributed by atoms with Crippen LogP contribution in [0.1, 0.15) is 207 Å². The summed E-state index contributed by atoms with van der Waals surface area (Å²) in [7, 11) is 0. The average molecular weight is 804 g/mol. The van der Waals surface area contributed by atoms with E-state index < -0.39 is 74.2 Å². The molecule has 0 radical (unpaired) electrons. The summed E-state index contributed by atoms with van der Waals surface area (Å²) in [5.41, 5.74) is 0. The van der Waals surface area contributed by atoms with Crippen LogP contribution in [0.2, 0.25) is 0 Å². The molecule has 56 heavy (non-hydrogen) atoms. The van der Waals surface area contributed by atoms with Crippen LogP contribution in [-0.4, -0.2) is 110 Å². The number of hydrogen-bond acceptors (Lipinski definition) is 10. The maximum absolute atomic E-state index is 13.1. The van der Waals surface area contributed by atoms with Crippen LogP contribution in [0.5, 0.6) is 0 Å².